The highest BCUT2D eigenvalue weighted by Gasteiger charge is 2.25. The zero-order valence-corrected chi connectivity index (χ0v) is 10.4. The number of nitrogens with zero attached hydrogens (tertiary/aromatic N) is 1. The third-order valence-electron chi connectivity index (χ3n) is 3.63. The number of aromatic nitrogens is 1. The summed E-state index contributed by atoms with van der Waals surface area (Å²) in [5.41, 5.74) is 2.32. The molecule has 2 aromatic rings. The molecule has 0 aliphatic heterocycles. The van der Waals surface area contributed by atoms with Crippen LogP contribution in [0.2, 0.25) is 0 Å². The van der Waals surface area contributed by atoms with Gasteiger partial charge in [-0.25, -0.2) is 4.98 Å². The van der Waals surface area contributed by atoms with Crippen molar-refractivity contribution < 1.29 is 0 Å². The van der Waals surface area contributed by atoms with Crippen LogP contribution in [0.3, 0.4) is 0 Å². The van der Waals surface area contributed by atoms with Crippen LogP contribution in [0.25, 0.3) is 10.9 Å². The van der Waals surface area contributed by atoms with Crippen molar-refractivity contribution in [3.05, 3.63) is 35.9 Å². The van der Waals surface area contributed by atoms with E-state index in [9.17, 15) is 0 Å². The lowest BCUT2D eigenvalue weighted by Gasteiger charge is -2.34. The quantitative estimate of drug-likeness (QED) is 0.843. The van der Waals surface area contributed by atoms with Crippen LogP contribution < -0.4 is 5.32 Å². The molecule has 3 rings (SSSR count). The monoisotopic (exact) mass is 226 g/mol. The summed E-state index contributed by atoms with van der Waals surface area (Å²) in [6.07, 6.45) is 2.54. The molecule has 0 saturated heterocycles. The predicted molar refractivity (Wildman–Crippen MR) is 72.3 cm³/mol. The number of nitrogens with one attached hydrogen (secondary N) is 1. The lowest BCUT2D eigenvalue weighted by Crippen LogP contribution is -2.34. The predicted octanol–water partition coefficient (Wildman–Crippen LogP) is 3.75. The van der Waals surface area contributed by atoms with Crippen LogP contribution in [0.1, 0.15) is 25.3 Å². The molecular formula is C15H18N2. The Morgan fingerprint density at radius 3 is 2.76 bits per heavy atom. The summed E-state index contributed by atoms with van der Waals surface area (Å²) >= 11 is 0. The molecule has 0 bridgehead atoms. The molecule has 2 heteroatoms. The molecule has 88 valence electrons. The maximum atomic E-state index is 4.71. The maximum Gasteiger partial charge on any atom is 0.129 e. The van der Waals surface area contributed by atoms with E-state index in [0.29, 0.717) is 6.04 Å². The highest BCUT2D eigenvalue weighted by Crippen LogP contribution is 2.30. The average molecular weight is 226 g/mol. The van der Waals surface area contributed by atoms with Gasteiger partial charge in [0.1, 0.15) is 5.82 Å². The Balaban J connectivity index is 1.90. The van der Waals surface area contributed by atoms with E-state index in [0.717, 1.165) is 17.3 Å². The number of hydrogen-bond acceptors (Lipinski definition) is 2. The first kappa shape index (κ1) is 10.6. The number of anilines is 1. The molecular weight excluding hydrogens is 208 g/mol. The van der Waals surface area contributed by atoms with Gasteiger partial charge in [-0.15, -0.1) is 0 Å². The van der Waals surface area contributed by atoms with Crippen molar-refractivity contribution in [2.45, 2.75) is 32.7 Å². The first-order valence-corrected chi connectivity index (χ1v) is 6.35. The van der Waals surface area contributed by atoms with Crippen molar-refractivity contribution in [1.29, 1.82) is 0 Å². The van der Waals surface area contributed by atoms with E-state index in [2.05, 4.69) is 43.4 Å². The first-order valence-electron chi connectivity index (χ1n) is 6.35. The second-order valence-electron chi connectivity index (χ2n) is 5.26. The number of fused-ring (bicyclic) bond motifs is 1. The molecule has 0 radical (unpaired) electrons. The molecule has 1 aliphatic carbocycles. The number of pyridine rings is 1. The summed E-state index contributed by atoms with van der Waals surface area (Å²) in [7, 11) is 0. The molecule has 1 saturated carbocycles. The van der Waals surface area contributed by atoms with Crippen molar-refractivity contribution in [3.8, 4) is 0 Å². The summed E-state index contributed by atoms with van der Waals surface area (Å²) in [5, 5.41) is 4.78. The summed E-state index contributed by atoms with van der Waals surface area (Å²) in [6, 6.07) is 11.1. The Kier molecular flexibility index (Phi) is 2.50. The third-order valence-corrected chi connectivity index (χ3v) is 3.63. The number of benzene rings is 1. The number of aryl methyl sites for hydroxylation is 1. The molecule has 1 N–H and O–H groups in total. The van der Waals surface area contributed by atoms with Gasteiger partial charge in [0, 0.05) is 11.4 Å². The largest absolute Gasteiger partial charge is 0.367 e. The minimum absolute atomic E-state index is 0.623. The van der Waals surface area contributed by atoms with Gasteiger partial charge in [0.25, 0.3) is 0 Å². The van der Waals surface area contributed by atoms with Crippen LogP contribution in [0.4, 0.5) is 5.82 Å². The standard InChI is InChI=1S/C15H18N2/c1-10-7-13(8-10)16-15-11(2)9-12-5-3-4-6-14(12)17-15/h3-6,9-10,13H,7-8H2,1-2H3,(H,16,17). The van der Waals surface area contributed by atoms with Gasteiger partial charge in [-0.2, -0.15) is 0 Å². The van der Waals surface area contributed by atoms with Gasteiger partial charge >= 0.3 is 0 Å². The lowest BCUT2D eigenvalue weighted by molar-refractivity contribution is 0.308. The van der Waals surface area contributed by atoms with Gasteiger partial charge in [-0.3, -0.25) is 0 Å². The van der Waals surface area contributed by atoms with Gasteiger partial charge in [0.15, 0.2) is 0 Å². The highest BCUT2D eigenvalue weighted by atomic mass is 15.0. The van der Waals surface area contributed by atoms with Crippen LogP contribution in [0.5, 0.6) is 0 Å². The van der Waals surface area contributed by atoms with Crippen molar-refractivity contribution in [3.63, 3.8) is 0 Å². The summed E-state index contributed by atoms with van der Waals surface area (Å²) in [5.74, 6) is 1.92. The van der Waals surface area contributed by atoms with E-state index in [4.69, 9.17) is 4.98 Å². The van der Waals surface area contributed by atoms with Crippen LogP contribution >= 0.6 is 0 Å². The van der Waals surface area contributed by atoms with E-state index in [1.165, 1.54) is 23.8 Å². The molecule has 0 atom stereocenters. The molecule has 1 aromatic heterocycles. The van der Waals surface area contributed by atoms with Crippen LogP contribution in [0, 0.1) is 12.8 Å². The molecule has 0 spiro atoms. The van der Waals surface area contributed by atoms with E-state index in [1.54, 1.807) is 0 Å². The Morgan fingerprint density at radius 1 is 1.24 bits per heavy atom. The van der Waals surface area contributed by atoms with E-state index in [-0.39, 0.29) is 0 Å². The molecule has 0 amide bonds. The minimum Gasteiger partial charge on any atom is -0.367 e. The molecule has 1 heterocycles. The van der Waals surface area contributed by atoms with Crippen LogP contribution in [0.15, 0.2) is 30.3 Å². The fraction of sp³-hybridized carbons (Fsp3) is 0.400. The lowest BCUT2D eigenvalue weighted by atomic mass is 9.82. The van der Waals surface area contributed by atoms with Crippen LogP contribution in [-0.2, 0) is 0 Å². The van der Waals surface area contributed by atoms with Crippen molar-refractivity contribution in [2.75, 3.05) is 5.32 Å². The normalized spacial score (nSPS) is 23.4. The van der Waals surface area contributed by atoms with E-state index < -0.39 is 0 Å². The van der Waals surface area contributed by atoms with Gasteiger partial charge in [-0.1, -0.05) is 25.1 Å². The molecule has 17 heavy (non-hydrogen) atoms. The topological polar surface area (TPSA) is 24.9 Å². The fourth-order valence-corrected chi connectivity index (χ4v) is 2.58. The van der Waals surface area contributed by atoms with Crippen molar-refractivity contribution in [2.24, 2.45) is 5.92 Å². The number of para-hydroxylation sites is 1. The Bertz CT molecular complexity index is 542. The second kappa shape index (κ2) is 4.02. The van der Waals surface area contributed by atoms with Crippen LogP contribution in [-0.4, -0.2) is 11.0 Å². The third kappa shape index (κ3) is 1.99. The van der Waals surface area contributed by atoms with Gasteiger partial charge in [-0.05, 0) is 43.4 Å². The molecule has 1 aromatic carbocycles. The van der Waals surface area contributed by atoms with E-state index in [1.807, 2.05) is 6.07 Å². The Hall–Kier alpha value is -1.57. The first-order chi connectivity index (χ1) is 8.22. The summed E-state index contributed by atoms with van der Waals surface area (Å²) < 4.78 is 0. The second-order valence-corrected chi connectivity index (χ2v) is 5.26. The highest BCUT2D eigenvalue weighted by molar-refractivity contribution is 5.81. The fourth-order valence-electron chi connectivity index (χ4n) is 2.58. The average Bonchev–Trinajstić information content (AvgIpc) is 2.28. The zero-order chi connectivity index (χ0) is 11.8. The maximum absolute atomic E-state index is 4.71. The van der Waals surface area contributed by atoms with E-state index >= 15 is 0 Å². The summed E-state index contributed by atoms with van der Waals surface area (Å²) in [4.78, 5) is 4.71. The molecule has 1 fully saturated rings. The Labute approximate surface area is 102 Å². The molecule has 2 nitrogen and oxygen atoms in total. The number of rotatable bonds is 2. The molecule has 0 unspecified atom stereocenters. The SMILES string of the molecule is Cc1cc2ccccc2nc1NC1CC(C)C1. The number of hydrogen-bond donors (Lipinski definition) is 1. The van der Waals surface area contributed by atoms with Crippen molar-refractivity contribution in [1.82, 2.24) is 4.98 Å². The van der Waals surface area contributed by atoms with Crippen molar-refractivity contribution >= 4 is 16.7 Å². The smallest absolute Gasteiger partial charge is 0.129 e. The zero-order valence-electron chi connectivity index (χ0n) is 10.4. The van der Waals surface area contributed by atoms with Gasteiger partial charge < -0.3 is 5.32 Å². The summed E-state index contributed by atoms with van der Waals surface area (Å²) in [6.45, 7) is 4.43. The van der Waals surface area contributed by atoms with Gasteiger partial charge in [0.05, 0.1) is 5.52 Å². The molecule has 1 aliphatic rings. The minimum atomic E-state index is 0.623. The van der Waals surface area contributed by atoms with Gasteiger partial charge in [0.2, 0.25) is 0 Å². The Morgan fingerprint density at radius 2 is 2.00 bits per heavy atom.